The lowest BCUT2D eigenvalue weighted by Crippen LogP contribution is -2.39. The van der Waals surface area contributed by atoms with Gasteiger partial charge in [-0.05, 0) is 38.1 Å². The summed E-state index contributed by atoms with van der Waals surface area (Å²) in [6, 6.07) is 12.3. The van der Waals surface area contributed by atoms with Gasteiger partial charge in [-0.3, -0.25) is 14.9 Å². The maximum absolute atomic E-state index is 12.5. The van der Waals surface area contributed by atoms with Gasteiger partial charge in [0, 0.05) is 22.8 Å². The third kappa shape index (κ3) is 4.58. The molecule has 26 heavy (non-hydrogen) atoms. The number of anilines is 1. The molecule has 0 atom stereocenters. The summed E-state index contributed by atoms with van der Waals surface area (Å²) >= 11 is 5.79. The molecule has 0 aliphatic heterocycles. The monoisotopic (exact) mass is 376 g/mol. The summed E-state index contributed by atoms with van der Waals surface area (Å²) in [6.07, 6.45) is 0. The zero-order valence-corrected chi connectivity index (χ0v) is 15.0. The van der Waals surface area contributed by atoms with Crippen molar-refractivity contribution in [2.24, 2.45) is 0 Å². The molecular formula is C18H17ClN2O5. The van der Waals surface area contributed by atoms with Crippen LogP contribution in [0.5, 0.6) is 0 Å². The van der Waals surface area contributed by atoms with Crippen molar-refractivity contribution in [1.82, 2.24) is 0 Å². The number of carbonyl (C=O) groups is 2. The summed E-state index contributed by atoms with van der Waals surface area (Å²) in [5.74, 6) is -1.42. The molecule has 0 spiro atoms. The van der Waals surface area contributed by atoms with Gasteiger partial charge in [0.25, 0.3) is 11.6 Å². The topological polar surface area (TPSA) is 89.8 Å². The van der Waals surface area contributed by atoms with Gasteiger partial charge in [0.2, 0.25) is 0 Å². The Labute approximate surface area is 155 Å². The van der Waals surface area contributed by atoms with Crippen LogP contribution in [0.25, 0.3) is 0 Å². The van der Waals surface area contributed by atoms with Crippen LogP contribution in [0.2, 0.25) is 5.02 Å². The summed E-state index contributed by atoms with van der Waals surface area (Å²) in [5, 5.41) is 11.2. The first-order chi connectivity index (χ1) is 12.3. The highest BCUT2D eigenvalue weighted by atomic mass is 35.5. The van der Waals surface area contributed by atoms with Crippen LogP contribution in [0.1, 0.15) is 24.2 Å². The van der Waals surface area contributed by atoms with Crippen molar-refractivity contribution in [2.75, 3.05) is 11.5 Å². The Hall–Kier alpha value is -2.93. The number of esters is 1. The molecule has 0 bridgehead atoms. The minimum absolute atomic E-state index is 0.155. The predicted molar refractivity (Wildman–Crippen MR) is 97.5 cm³/mol. The lowest BCUT2D eigenvalue weighted by atomic mass is 10.2. The summed E-state index contributed by atoms with van der Waals surface area (Å²) in [4.78, 5) is 36.5. The van der Waals surface area contributed by atoms with Gasteiger partial charge in [-0.15, -0.1) is 0 Å². The number of ether oxygens (including phenoxy) is 1. The van der Waals surface area contributed by atoms with E-state index in [2.05, 4.69) is 0 Å². The van der Waals surface area contributed by atoms with Crippen LogP contribution >= 0.6 is 11.6 Å². The van der Waals surface area contributed by atoms with Crippen LogP contribution in [0.3, 0.4) is 0 Å². The van der Waals surface area contributed by atoms with Crippen molar-refractivity contribution in [3.05, 3.63) is 69.2 Å². The average Bonchev–Trinajstić information content (AvgIpc) is 2.60. The number of rotatable bonds is 6. The molecule has 1 amide bonds. The zero-order chi connectivity index (χ0) is 19.3. The molecule has 0 N–H and O–H groups in total. The summed E-state index contributed by atoms with van der Waals surface area (Å²) < 4.78 is 5.00. The summed E-state index contributed by atoms with van der Waals surface area (Å²) in [6.45, 7) is 3.11. The molecule has 0 aliphatic rings. The number of nitro benzene ring substituents is 1. The Kier molecular flexibility index (Phi) is 6.30. The Balaban J connectivity index is 2.15. The maximum atomic E-state index is 12.5. The fraction of sp³-hybridized carbons (Fsp3) is 0.222. The molecule has 8 heteroatoms. The van der Waals surface area contributed by atoms with Crippen molar-refractivity contribution in [3.63, 3.8) is 0 Å². The second-order valence-corrected chi connectivity index (χ2v) is 6.12. The number of nitro groups is 1. The highest BCUT2D eigenvalue weighted by Gasteiger charge is 2.25. The Morgan fingerprint density at radius 2 is 1.85 bits per heavy atom. The molecule has 0 radical (unpaired) electrons. The van der Waals surface area contributed by atoms with Gasteiger partial charge in [0.1, 0.15) is 5.56 Å². The first kappa shape index (κ1) is 19.4. The third-order valence-corrected chi connectivity index (χ3v) is 3.76. The fourth-order valence-electron chi connectivity index (χ4n) is 2.42. The van der Waals surface area contributed by atoms with Crippen molar-refractivity contribution in [1.29, 1.82) is 0 Å². The standard InChI is InChI=1S/C18H17ClN2O5/c1-12(2)20(14-6-4-3-5-7-14)17(22)11-26-18(23)15-10-13(19)8-9-16(15)21(24)25/h3-10,12H,11H2,1-2H3. The van der Waals surface area contributed by atoms with E-state index < -0.39 is 29.1 Å². The SMILES string of the molecule is CC(C)N(C(=O)COC(=O)c1cc(Cl)ccc1[N+](=O)[O-])c1ccccc1. The molecule has 2 aromatic carbocycles. The second-order valence-electron chi connectivity index (χ2n) is 5.69. The second kappa shape index (κ2) is 8.44. The molecule has 0 fully saturated rings. The van der Waals surface area contributed by atoms with Crippen molar-refractivity contribution in [3.8, 4) is 0 Å². The molecule has 0 unspecified atom stereocenters. The van der Waals surface area contributed by atoms with Gasteiger partial charge in [-0.2, -0.15) is 0 Å². The van der Waals surface area contributed by atoms with E-state index in [9.17, 15) is 19.7 Å². The number of amides is 1. The number of halogens is 1. The van der Waals surface area contributed by atoms with Crippen LogP contribution in [-0.2, 0) is 9.53 Å². The Morgan fingerprint density at radius 3 is 2.42 bits per heavy atom. The van der Waals surface area contributed by atoms with Crippen molar-refractivity contribution >= 4 is 34.9 Å². The molecule has 136 valence electrons. The molecule has 0 heterocycles. The van der Waals surface area contributed by atoms with Gasteiger partial charge in [0.05, 0.1) is 4.92 Å². The third-order valence-electron chi connectivity index (χ3n) is 3.52. The predicted octanol–water partition coefficient (Wildman–Crippen LogP) is 3.85. The first-order valence-corrected chi connectivity index (χ1v) is 8.17. The average molecular weight is 377 g/mol. The van der Waals surface area contributed by atoms with Crippen LogP contribution in [0.15, 0.2) is 48.5 Å². The van der Waals surface area contributed by atoms with Crippen LogP contribution < -0.4 is 4.90 Å². The number of hydrogen-bond acceptors (Lipinski definition) is 5. The molecule has 0 saturated carbocycles. The number of carbonyl (C=O) groups excluding carboxylic acids is 2. The molecule has 0 aromatic heterocycles. The van der Waals surface area contributed by atoms with E-state index in [1.807, 2.05) is 19.9 Å². The highest BCUT2D eigenvalue weighted by molar-refractivity contribution is 6.31. The van der Waals surface area contributed by atoms with Gasteiger partial charge in [-0.1, -0.05) is 29.8 Å². The number of benzene rings is 2. The van der Waals surface area contributed by atoms with Crippen LogP contribution in [0.4, 0.5) is 11.4 Å². The van der Waals surface area contributed by atoms with Crippen molar-refractivity contribution in [2.45, 2.75) is 19.9 Å². The minimum atomic E-state index is -0.982. The number of nitrogens with zero attached hydrogens (tertiary/aromatic N) is 2. The summed E-state index contributed by atoms with van der Waals surface area (Å²) in [5.41, 5.74) is -0.0704. The quantitative estimate of drug-likeness (QED) is 0.434. The normalized spacial score (nSPS) is 10.5. The molecule has 2 aromatic rings. The Bertz CT molecular complexity index is 824. The number of hydrogen-bond donors (Lipinski definition) is 0. The maximum Gasteiger partial charge on any atom is 0.345 e. The highest BCUT2D eigenvalue weighted by Crippen LogP contribution is 2.24. The van der Waals surface area contributed by atoms with E-state index in [0.29, 0.717) is 5.69 Å². The van der Waals surface area contributed by atoms with Gasteiger partial charge >= 0.3 is 5.97 Å². The van der Waals surface area contributed by atoms with E-state index in [0.717, 1.165) is 12.1 Å². The van der Waals surface area contributed by atoms with Crippen molar-refractivity contribution < 1.29 is 19.2 Å². The molecule has 7 nitrogen and oxygen atoms in total. The van der Waals surface area contributed by atoms with E-state index in [1.54, 1.807) is 24.3 Å². The fourth-order valence-corrected chi connectivity index (χ4v) is 2.60. The molecule has 2 rings (SSSR count). The summed E-state index contributed by atoms with van der Waals surface area (Å²) in [7, 11) is 0. The van der Waals surface area contributed by atoms with Gasteiger partial charge < -0.3 is 9.64 Å². The minimum Gasteiger partial charge on any atom is -0.452 e. The molecular weight excluding hydrogens is 360 g/mol. The Morgan fingerprint density at radius 1 is 1.19 bits per heavy atom. The largest absolute Gasteiger partial charge is 0.452 e. The van der Waals surface area contributed by atoms with Gasteiger partial charge in [-0.25, -0.2) is 4.79 Å². The van der Waals surface area contributed by atoms with E-state index in [4.69, 9.17) is 16.3 Å². The lowest BCUT2D eigenvalue weighted by Gasteiger charge is -2.26. The molecule has 0 saturated heterocycles. The first-order valence-electron chi connectivity index (χ1n) is 7.79. The van der Waals surface area contributed by atoms with E-state index in [-0.39, 0.29) is 16.6 Å². The number of para-hydroxylation sites is 1. The van der Waals surface area contributed by atoms with E-state index >= 15 is 0 Å². The van der Waals surface area contributed by atoms with Crippen LogP contribution in [-0.4, -0.2) is 29.4 Å². The molecule has 0 aliphatic carbocycles. The smallest absolute Gasteiger partial charge is 0.345 e. The van der Waals surface area contributed by atoms with E-state index in [1.165, 1.54) is 11.0 Å². The zero-order valence-electron chi connectivity index (χ0n) is 14.2. The lowest BCUT2D eigenvalue weighted by molar-refractivity contribution is -0.385. The van der Waals surface area contributed by atoms with Crippen LogP contribution in [0, 0.1) is 10.1 Å². The van der Waals surface area contributed by atoms with Gasteiger partial charge in [0.15, 0.2) is 6.61 Å².